The number of unbranched alkanes of at least 4 members (excludes halogenated alkanes) is 19. The maximum Gasteiger partial charge on any atom is 0.397 e. The molecule has 8 atom stereocenters. The standard InChI is InChI=1S/C43H79NO12S/c1-3-5-7-9-11-13-15-16-17-18-19-20-22-24-26-28-30-32-37(47)42(50)44-35(36(46)31-29-27-25-23-21-14-12-10-8-6-4-2)34-54-43-40(49)41(56-57(51,52)53)39(48)38(33-45)55-43/h19-21,23,29,31,35-41,43,45-49H,3-18,22,24-28,30,32-34H2,1-2H3,(H,44,50)(H,51,52,53)/b20-19-,23-21+,31-29+. The average Bonchev–Trinajstić information content (AvgIpc) is 3.18. The van der Waals surface area contributed by atoms with E-state index in [4.69, 9.17) is 14.0 Å². The smallest absolute Gasteiger partial charge is 0.394 e. The molecule has 1 aliphatic rings. The largest absolute Gasteiger partial charge is 0.397 e. The molecule has 14 heteroatoms. The molecular formula is C43H79NO12S. The van der Waals surface area contributed by atoms with Gasteiger partial charge in [-0.25, -0.2) is 4.18 Å². The van der Waals surface area contributed by atoms with Crippen molar-refractivity contribution < 1.29 is 57.0 Å². The number of amides is 1. The first-order chi connectivity index (χ1) is 27.4. The van der Waals surface area contributed by atoms with Crippen LogP contribution in [0.3, 0.4) is 0 Å². The van der Waals surface area contributed by atoms with Crippen LogP contribution in [0, 0.1) is 0 Å². The van der Waals surface area contributed by atoms with E-state index in [0.29, 0.717) is 12.8 Å². The Morgan fingerprint density at radius 1 is 0.702 bits per heavy atom. The Bertz CT molecular complexity index is 1180. The summed E-state index contributed by atoms with van der Waals surface area (Å²) in [5.74, 6) is -0.723. The summed E-state index contributed by atoms with van der Waals surface area (Å²) in [6, 6.07) is -1.14. The highest BCUT2D eigenvalue weighted by molar-refractivity contribution is 7.80. The van der Waals surface area contributed by atoms with Gasteiger partial charge in [0.05, 0.1) is 25.4 Å². The van der Waals surface area contributed by atoms with E-state index >= 15 is 0 Å². The Morgan fingerprint density at radius 2 is 1.18 bits per heavy atom. The molecule has 1 rings (SSSR count). The van der Waals surface area contributed by atoms with Crippen LogP contribution in [-0.2, 0) is 28.9 Å². The summed E-state index contributed by atoms with van der Waals surface area (Å²) in [6.45, 7) is 3.14. The minimum atomic E-state index is -5.12. The summed E-state index contributed by atoms with van der Waals surface area (Å²) in [6.07, 6.45) is 26.7. The first kappa shape index (κ1) is 53.3. The number of hydrogen-bond acceptors (Lipinski definition) is 11. The lowest BCUT2D eigenvalue weighted by Gasteiger charge is -2.41. The number of carbonyl (C=O) groups is 1. The number of aliphatic hydroxyl groups excluding tert-OH is 5. The molecule has 1 aliphatic heterocycles. The molecule has 0 saturated carbocycles. The molecule has 334 valence electrons. The molecule has 0 aromatic heterocycles. The van der Waals surface area contributed by atoms with Crippen molar-refractivity contribution in [1.29, 1.82) is 0 Å². The van der Waals surface area contributed by atoms with Crippen LogP contribution in [-0.4, -0.2) is 107 Å². The molecule has 7 N–H and O–H groups in total. The summed E-state index contributed by atoms with van der Waals surface area (Å²) in [5, 5.41) is 55.0. The second kappa shape index (κ2) is 34.0. The van der Waals surface area contributed by atoms with E-state index in [1.165, 1.54) is 89.5 Å². The van der Waals surface area contributed by atoms with Crippen molar-refractivity contribution in [1.82, 2.24) is 5.32 Å². The second-order valence-electron chi connectivity index (χ2n) is 15.4. The molecule has 57 heavy (non-hydrogen) atoms. The van der Waals surface area contributed by atoms with Gasteiger partial charge in [-0.05, 0) is 57.8 Å². The molecule has 8 unspecified atom stereocenters. The van der Waals surface area contributed by atoms with Gasteiger partial charge in [0.1, 0.15) is 30.5 Å². The number of rotatable bonds is 36. The van der Waals surface area contributed by atoms with Crippen LogP contribution in [0.1, 0.15) is 168 Å². The average molecular weight is 834 g/mol. The van der Waals surface area contributed by atoms with Crippen molar-refractivity contribution in [2.75, 3.05) is 13.2 Å². The molecule has 0 spiro atoms. The second-order valence-corrected chi connectivity index (χ2v) is 16.5. The molecule has 0 aliphatic carbocycles. The first-order valence-electron chi connectivity index (χ1n) is 22.0. The molecule has 0 aromatic carbocycles. The van der Waals surface area contributed by atoms with Crippen molar-refractivity contribution in [3.05, 3.63) is 36.5 Å². The maximum absolute atomic E-state index is 13.1. The van der Waals surface area contributed by atoms with E-state index in [-0.39, 0.29) is 6.42 Å². The van der Waals surface area contributed by atoms with Crippen LogP contribution in [0.4, 0.5) is 0 Å². The lowest BCUT2D eigenvalue weighted by Crippen LogP contribution is -2.61. The number of carbonyl (C=O) groups excluding carboxylic acids is 1. The monoisotopic (exact) mass is 834 g/mol. The molecule has 1 fully saturated rings. The van der Waals surface area contributed by atoms with Gasteiger partial charge in [-0.15, -0.1) is 0 Å². The fourth-order valence-electron chi connectivity index (χ4n) is 6.70. The van der Waals surface area contributed by atoms with E-state index in [9.17, 15) is 38.7 Å². The minimum Gasteiger partial charge on any atom is -0.394 e. The Balaban J connectivity index is 2.62. The van der Waals surface area contributed by atoms with Gasteiger partial charge in [0.15, 0.2) is 6.29 Å². The van der Waals surface area contributed by atoms with Gasteiger partial charge < -0.3 is 40.3 Å². The zero-order valence-corrected chi connectivity index (χ0v) is 35.8. The molecule has 13 nitrogen and oxygen atoms in total. The molecule has 1 amide bonds. The highest BCUT2D eigenvalue weighted by Gasteiger charge is 2.48. The molecule has 0 bridgehead atoms. The molecule has 0 aromatic rings. The number of hydrogen-bond donors (Lipinski definition) is 7. The van der Waals surface area contributed by atoms with Gasteiger partial charge in [0, 0.05) is 0 Å². The lowest BCUT2D eigenvalue weighted by molar-refractivity contribution is -0.298. The van der Waals surface area contributed by atoms with E-state index < -0.39 is 78.5 Å². The van der Waals surface area contributed by atoms with Gasteiger partial charge in [0.2, 0.25) is 5.91 Å². The van der Waals surface area contributed by atoms with Crippen molar-refractivity contribution in [3.8, 4) is 0 Å². The highest BCUT2D eigenvalue weighted by atomic mass is 32.3. The minimum absolute atomic E-state index is 0.222. The van der Waals surface area contributed by atoms with Crippen molar-refractivity contribution in [3.63, 3.8) is 0 Å². The third-order valence-corrected chi connectivity index (χ3v) is 10.7. The molecule has 1 saturated heterocycles. The van der Waals surface area contributed by atoms with E-state index in [1.54, 1.807) is 6.08 Å². The SMILES string of the molecule is CCCCCCC/C=C/CC/C=C/C(O)C(COC1OC(CO)C(O)C(OS(=O)(=O)O)C1O)NC(=O)C(O)CCCCCC/C=C\CCCCCCCCCCC. The Labute approximate surface area is 344 Å². The van der Waals surface area contributed by atoms with Crippen LogP contribution < -0.4 is 5.32 Å². The summed E-state index contributed by atoms with van der Waals surface area (Å²) >= 11 is 0. The van der Waals surface area contributed by atoms with Crippen molar-refractivity contribution in [2.24, 2.45) is 0 Å². The van der Waals surface area contributed by atoms with E-state index in [1.807, 2.05) is 0 Å². The van der Waals surface area contributed by atoms with E-state index in [2.05, 4.69) is 47.7 Å². The zero-order valence-electron chi connectivity index (χ0n) is 35.0. The van der Waals surface area contributed by atoms with Gasteiger partial charge in [-0.3, -0.25) is 9.35 Å². The maximum atomic E-state index is 13.1. The topological polar surface area (TPSA) is 212 Å². The van der Waals surface area contributed by atoms with Crippen LogP contribution in [0.15, 0.2) is 36.5 Å². The third-order valence-electron chi connectivity index (χ3n) is 10.3. The number of nitrogens with one attached hydrogen (secondary N) is 1. The summed E-state index contributed by atoms with van der Waals surface area (Å²) < 4.78 is 47.3. The van der Waals surface area contributed by atoms with Gasteiger partial charge in [-0.1, -0.05) is 147 Å². The normalized spacial score (nSPS) is 22.1. The quantitative estimate of drug-likeness (QED) is 0.0195. The van der Waals surface area contributed by atoms with Crippen LogP contribution in [0.2, 0.25) is 0 Å². The molecule has 1 heterocycles. The number of ether oxygens (including phenoxy) is 2. The predicted octanol–water partition coefficient (Wildman–Crippen LogP) is 6.91. The van der Waals surface area contributed by atoms with Crippen LogP contribution in [0.25, 0.3) is 0 Å². The zero-order chi connectivity index (χ0) is 42.2. The van der Waals surface area contributed by atoms with Gasteiger partial charge >= 0.3 is 10.4 Å². The van der Waals surface area contributed by atoms with Crippen molar-refractivity contribution in [2.45, 2.75) is 217 Å². The summed E-state index contributed by atoms with van der Waals surface area (Å²) in [4.78, 5) is 13.1. The van der Waals surface area contributed by atoms with Crippen molar-refractivity contribution >= 4 is 16.3 Å². The fourth-order valence-corrected chi connectivity index (χ4v) is 7.21. The first-order valence-corrected chi connectivity index (χ1v) is 23.3. The Morgan fingerprint density at radius 3 is 1.68 bits per heavy atom. The fraction of sp³-hybridized carbons (Fsp3) is 0.837. The van der Waals surface area contributed by atoms with E-state index in [0.717, 1.165) is 51.4 Å². The van der Waals surface area contributed by atoms with Gasteiger partial charge in [-0.2, -0.15) is 8.42 Å². The Hall–Kier alpha value is -1.72. The molecular weight excluding hydrogens is 755 g/mol. The lowest BCUT2D eigenvalue weighted by atomic mass is 9.99. The van der Waals surface area contributed by atoms with Gasteiger partial charge in [0.25, 0.3) is 0 Å². The number of aliphatic hydroxyl groups is 5. The third kappa shape index (κ3) is 26.9. The predicted molar refractivity (Wildman–Crippen MR) is 224 cm³/mol. The summed E-state index contributed by atoms with van der Waals surface area (Å²) in [5.41, 5.74) is 0. The Kier molecular flexibility index (Phi) is 31.8. The molecule has 0 radical (unpaired) electrons. The van der Waals surface area contributed by atoms with Crippen LogP contribution >= 0.6 is 0 Å². The van der Waals surface area contributed by atoms with Crippen LogP contribution in [0.5, 0.6) is 0 Å². The summed E-state index contributed by atoms with van der Waals surface area (Å²) in [7, 11) is -5.12. The number of allylic oxidation sites excluding steroid dienone is 5. The highest BCUT2D eigenvalue weighted by Crippen LogP contribution is 2.26.